The molecule has 7 heteroatoms. The Morgan fingerprint density at radius 2 is 1.38 bits per heavy atom. The van der Waals surface area contributed by atoms with Gasteiger partial charge in [-0.05, 0) is 0 Å². The molecule has 24 heavy (non-hydrogen) atoms. The molecule has 0 aliphatic heterocycles. The molecule has 0 atom stereocenters. The molecule has 0 aromatic heterocycles. The van der Waals surface area contributed by atoms with Gasteiger partial charge in [-0.1, -0.05) is 36.9 Å². The van der Waals surface area contributed by atoms with E-state index in [2.05, 4.69) is 6.58 Å². The normalized spacial score (nSPS) is 10.0. The second-order valence-corrected chi connectivity index (χ2v) is 4.43. The Morgan fingerprint density at radius 3 is 1.96 bits per heavy atom. The van der Waals surface area contributed by atoms with Crippen molar-refractivity contribution in [2.24, 2.45) is 0 Å². The Labute approximate surface area is 140 Å². The van der Waals surface area contributed by atoms with Gasteiger partial charge in [0.25, 0.3) is 5.78 Å². The molecule has 0 heterocycles. The minimum Gasteiger partial charge on any atom is -0.460 e. The molecule has 7 nitrogen and oxygen atoms in total. The number of rotatable bonds is 12. The highest BCUT2D eigenvalue weighted by atomic mass is 16.6. The van der Waals surface area contributed by atoms with Crippen molar-refractivity contribution in [3.05, 3.63) is 48.6 Å². The summed E-state index contributed by atoms with van der Waals surface area (Å²) in [6.07, 6.45) is 1.08. The molecule has 0 unspecified atom stereocenters. The van der Waals surface area contributed by atoms with Crippen LogP contribution >= 0.6 is 0 Å². The summed E-state index contributed by atoms with van der Waals surface area (Å²) in [5, 5.41) is 0. The third-order valence-corrected chi connectivity index (χ3v) is 2.69. The van der Waals surface area contributed by atoms with Gasteiger partial charge in [0.1, 0.15) is 13.2 Å². The number of carbonyl (C=O) groups is 3. The number of Topliss-reactive ketones (excluding diaryl/α,β-unsaturated/α-hetero) is 1. The van der Waals surface area contributed by atoms with E-state index in [4.69, 9.17) is 18.9 Å². The molecule has 0 saturated heterocycles. The Morgan fingerprint density at radius 1 is 0.833 bits per heavy atom. The van der Waals surface area contributed by atoms with Crippen LogP contribution in [0.3, 0.4) is 0 Å². The molecular weight excluding hydrogens is 316 g/mol. The van der Waals surface area contributed by atoms with Crippen LogP contribution in [-0.4, -0.2) is 57.4 Å². The summed E-state index contributed by atoms with van der Waals surface area (Å²) in [7, 11) is 0. The lowest BCUT2D eigenvalue weighted by Crippen LogP contribution is -2.20. The van der Waals surface area contributed by atoms with Crippen molar-refractivity contribution in [1.29, 1.82) is 0 Å². The van der Waals surface area contributed by atoms with Crippen molar-refractivity contribution in [1.82, 2.24) is 0 Å². The van der Waals surface area contributed by atoms with Gasteiger partial charge in [0, 0.05) is 11.6 Å². The first-order valence-electron chi connectivity index (χ1n) is 7.36. The van der Waals surface area contributed by atoms with Gasteiger partial charge in [-0.15, -0.1) is 0 Å². The van der Waals surface area contributed by atoms with E-state index in [0.29, 0.717) is 13.2 Å². The van der Waals surface area contributed by atoms with E-state index in [0.717, 1.165) is 6.08 Å². The smallest absolute Gasteiger partial charge is 0.379 e. The Hall–Kier alpha value is -2.51. The number of hydrogen-bond donors (Lipinski definition) is 0. The highest BCUT2D eigenvalue weighted by molar-refractivity contribution is 6.40. The van der Waals surface area contributed by atoms with E-state index >= 15 is 0 Å². The molecule has 1 aromatic carbocycles. The van der Waals surface area contributed by atoms with Gasteiger partial charge in [0.2, 0.25) is 0 Å². The molecule has 0 N–H and O–H groups in total. The van der Waals surface area contributed by atoms with Crippen molar-refractivity contribution in [2.45, 2.75) is 0 Å². The fourth-order valence-corrected chi connectivity index (χ4v) is 1.55. The summed E-state index contributed by atoms with van der Waals surface area (Å²) in [5.74, 6) is -2.10. The largest absolute Gasteiger partial charge is 0.460 e. The lowest BCUT2D eigenvalue weighted by molar-refractivity contribution is -0.141. The van der Waals surface area contributed by atoms with Gasteiger partial charge in [-0.25, -0.2) is 9.59 Å². The first-order chi connectivity index (χ1) is 11.6. The molecule has 0 spiro atoms. The van der Waals surface area contributed by atoms with Crippen molar-refractivity contribution in [3.63, 3.8) is 0 Å². The zero-order chi connectivity index (χ0) is 17.6. The first kappa shape index (κ1) is 19.5. The quantitative estimate of drug-likeness (QED) is 0.186. The van der Waals surface area contributed by atoms with Gasteiger partial charge >= 0.3 is 11.9 Å². The maximum absolute atomic E-state index is 11.7. The molecule has 0 bridgehead atoms. The second-order valence-electron chi connectivity index (χ2n) is 4.43. The summed E-state index contributed by atoms with van der Waals surface area (Å²) in [4.78, 5) is 34.0. The summed E-state index contributed by atoms with van der Waals surface area (Å²) >= 11 is 0. The van der Waals surface area contributed by atoms with Crippen LogP contribution in [0.25, 0.3) is 0 Å². The topological polar surface area (TPSA) is 88.1 Å². The molecule has 0 radical (unpaired) electrons. The van der Waals surface area contributed by atoms with E-state index < -0.39 is 17.7 Å². The van der Waals surface area contributed by atoms with Crippen LogP contribution in [0.5, 0.6) is 0 Å². The SMILES string of the molecule is C=CC(=O)OCCOCCOCCOC(=O)C(=O)c1ccccc1. The predicted octanol–water partition coefficient (Wildman–Crippen LogP) is 1.17. The standard InChI is InChI=1S/C17H20O7/c1-2-15(18)23-12-10-21-8-9-22-11-13-24-17(20)16(19)14-6-4-3-5-7-14/h2-7H,1,8-13H2. The number of hydrogen-bond acceptors (Lipinski definition) is 7. The van der Waals surface area contributed by atoms with E-state index in [1.165, 1.54) is 0 Å². The maximum atomic E-state index is 11.7. The predicted molar refractivity (Wildman–Crippen MR) is 84.5 cm³/mol. The average molecular weight is 336 g/mol. The van der Waals surface area contributed by atoms with Crippen LogP contribution in [0.1, 0.15) is 10.4 Å². The van der Waals surface area contributed by atoms with E-state index in [1.54, 1.807) is 30.3 Å². The van der Waals surface area contributed by atoms with Gasteiger partial charge in [-0.2, -0.15) is 0 Å². The van der Waals surface area contributed by atoms with Crippen LogP contribution in [0.2, 0.25) is 0 Å². The van der Waals surface area contributed by atoms with Gasteiger partial charge in [0.15, 0.2) is 0 Å². The minimum atomic E-state index is -0.912. The minimum absolute atomic E-state index is 0.0195. The van der Waals surface area contributed by atoms with Gasteiger partial charge < -0.3 is 18.9 Å². The highest BCUT2D eigenvalue weighted by Crippen LogP contribution is 2.01. The third kappa shape index (κ3) is 8.21. The van der Waals surface area contributed by atoms with E-state index in [-0.39, 0.29) is 32.0 Å². The average Bonchev–Trinajstić information content (AvgIpc) is 2.62. The molecular formula is C17H20O7. The zero-order valence-electron chi connectivity index (χ0n) is 13.3. The molecule has 1 aromatic rings. The summed E-state index contributed by atoms with van der Waals surface area (Å²) in [6, 6.07) is 8.18. The molecule has 1 rings (SSSR count). The summed E-state index contributed by atoms with van der Waals surface area (Å²) < 4.78 is 19.9. The molecule has 0 fully saturated rings. The highest BCUT2D eigenvalue weighted by Gasteiger charge is 2.16. The molecule has 0 amide bonds. The van der Waals surface area contributed by atoms with Crippen molar-refractivity contribution < 1.29 is 33.3 Å². The van der Waals surface area contributed by atoms with Crippen molar-refractivity contribution >= 4 is 17.7 Å². The Kier molecular flexibility index (Phi) is 9.75. The van der Waals surface area contributed by atoms with Crippen LogP contribution < -0.4 is 0 Å². The summed E-state index contributed by atoms with van der Waals surface area (Å²) in [6.45, 7) is 4.40. The van der Waals surface area contributed by atoms with Gasteiger partial charge in [0.05, 0.1) is 26.4 Å². The molecule has 0 saturated carbocycles. The number of ketones is 1. The van der Waals surface area contributed by atoms with E-state index in [9.17, 15) is 14.4 Å². The maximum Gasteiger partial charge on any atom is 0.379 e. The summed E-state index contributed by atoms with van der Waals surface area (Å²) in [5.41, 5.74) is 0.286. The fraction of sp³-hybridized carbons (Fsp3) is 0.353. The Balaban J connectivity index is 1.98. The number of carbonyl (C=O) groups excluding carboxylic acids is 3. The van der Waals surface area contributed by atoms with Gasteiger partial charge in [-0.3, -0.25) is 4.79 Å². The number of ether oxygens (including phenoxy) is 4. The lowest BCUT2D eigenvalue weighted by atomic mass is 10.1. The van der Waals surface area contributed by atoms with Crippen LogP contribution in [0.4, 0.5) is 0 Å². The molecule has 0 aliphatic carbocycles. The molecule has 0 aliphatic rings. The lowest BCUT2D eigenvalue weighted by Gasteiger charge is -2.07. The number of esters is 2. The second kappa shape index (κ2) is 12.0. The van der Waals surface area contributed by atoms with Crippen LogP contribution in [0.15, 0.2) is 43.0 Å². The van der Waals surface area contributed by atoms with Crippen LogP contribution in [0, 0.1) is 0 Å². The zero-order valence-corrected chi connectivity index (χ0v) is 13.3. The van der Waals surface area contributed by atoms with Crippen LogP contribution in [-0.2, 0) is 28.5 Å². The number of benzene rings is 1. The van der Waals surface area contributed by atoms with E-state index in [1.807, 2.05) is 0 Å². The monoisotopic (exact) mass is 336 g/mol. The Bertz CT molecular complexity index is 539. The molecule has 130 valence electrons. The fourth-order valence-electron chi connectivity index (χ4n) is 1.55. The van der Waals surface area contributed by atoms with Crippen molar-refractivity contribution in [3.8, 4) is 0 Å². The first-order valence-corrected chi connectivity index (χ1v) is 7.36. The third-order valence-electron chi connectivity index (χ3n) is 2.69. The van der Waals surface area contributed by atoms with Crippen molar-refractivity contribution in [2.75, 3.05) is 39.6 Å².